The van der Waals surface area contributed by atoms with Crippen molar-refractivity contribution in [3.05, 3.63) is 29.8 Å². The molecule has 1 atom stereocenters. The molecule has 0 fully saturated rings. The first-order valence-corrected chi connectivity index (χ1v) is 7.46. The summed E-state index contributed by atoms with van der Waals surface area (Å²) in [6.45, 7) is 5.69. The molecule has 0 radical (unpaired) electrons. The van der Waals surface area contributed by atoms with Crippen LogP contribution < -0.4 is 16.0 Å². The number of benzene rings is 1. The number of hydrogen-bond acceptors (Lipinski definition) is 3. The van der Waals surface area contributed by atoms with Gasteiger partial charge >= 0.3 is 0 Å². The Morgan fingerprint density at radius 3 is 2.95 bits per heavy atom. The molecular formula is C16H25N3O. The van der Waals surface area contributed by atoms with Crippen LogP contribution in [-0.2, 0) is 4.79 Å². The summed E-state index contributed by atoms with van der Waals surface area (Å²) in [5, 5.41) is 2.94. The van der Waals surface area contributed by atoms with E-state index >= 15 is 0 Å². The normalized spacial score (nSPS) is 18.6. The summed E-state index contributed by atoms with van der Waals surface area (Å²) in [5.41, 5.74) is 8.62. The molecule has 1 aromatic carbocycles. The van der Waals surface area contributed by atoms with Crippen LogP contribution in [0.2, 0.25) is 0 Å². The molecule has 1 unspecified atom stereocenters. The van der Waals surface area contributed by atoms with E-state index in [0.717, 1.165) is 25.9 Å². The van der Waals surface area contributed by atoms with Crippen LogP contribution in [0.3, 0.4) is 0 Å². The molecule has 4 heteroatoms. The van der Waals surface area contributed by atoms with Crippen molar-refractivity contribution in [2.75, 3.05) is 18.0 Å². The zero-order chi connectivity index (χ0) is 14.5. The van der Waals surface area contributed by atoms with Crippen molar-refractivity contribution >= 4 is 11.6 Å². The minimum Gasteiger partial charge on any atom is -0.371 e. The van der Waals surface area contributed by atoms with Crippen LogP contribution in [0.25, 0.3) is 0 Å². The van der Waals surface area contributed by atoms with Crippen LogP contribution in [0.5, 0.6) is 0 Å². The van der Waals surface area contributed by atoms with Crippen LogP contribution in [0.4, 0.5) is 5.69 Å². The van der Waals surface area contributed by atoms with E-state index in [0.29, 0.717) is 6.42 Å². The van der Waals surface area contributed by atoms with Crippen LogP contribution in [0, 0.1) is 0 Å². The van der Waals surface area contributed by atoms with Crippen LogP contribution in [-0.4, -0.2) is 25.0 Å². The molecule has 0 spiro atoms. The predicted molar refractivity (Wildman–Crippen MR) is 82.7 cm³/mol. The van der Waals surface area contributed by atoms with E-state index < -0.39 is 0 Å². The molecule has 1 heterocycles. The number of nitrogens with one attached hydrogen (secondary N) is 1. The lowest BCUT2D eigenvalue weighted by Gasteiger charge is -2.25. The van der Waals surface area contributed by atoms with Gasteiger partial charge in [0, 0.05) is 37.3 Å². The standard InChI is InChI=1S/C16H25N3O/c1-12(2)18-16(20)9-11-19-10-5-7-14(17)13-6-3-4-8-15(13)19/h3-4,6,8,12,14H,5,7,9-11,17H2,1-2H3,(H,18,20). The average Bonchev–Trinajstić information content (AvgIpc) is 2.56. The van der Waals surface area contributed by atoms with E-state index in [1.54, 1.807) is 0 Å². The van der Waals surface area contributed by atoms with Crippen molar-refractivity contribution in [1.82, 2.24) is 5.32 Å². The third-order valence-electron chi connectivity index (χ3n) is 3.68. The maximum absolute atomic E-state index is 11.8. The van der Waals surface area contributed by atoms with Crippen molar-refractivity contribution < 1.29 is 4.79 Å². The van der Waals surface area contributed by atoms with Gasteiger partial charge in [-0.3, -0.25) is 4.79 Å². The van der Waals surface area contributed by atoms with Crippen molar-refractivity contribution in [3.63, 3.8) is 0 Å². The lowest BCUT2D eigenvalue weighted by atomic mass is 10.0. The SMILES string of the molecule is CC(C)NC(=O)CCN1CCCC(N)c2ccccc21. The van der Waals surface area contributed by atoms with Gasteiger partial charge in [0.25, 0.3) is 0 Å². The molecule has 2 rings (SSSR count). The molecule has 0 aromatic heterocycles. The molecular weight excluding hydrogens is 250 g/mol. The Labute approximate surface area is 121 Å². The summed E-state index contributed by atoms with van der Waals surface area (Å²) >= 11 is 0. The molecule has 4 nitrogen and oxygen atoms in total. The van der Waals surface area contributed by atoms with Gasteiger partial charge in [0.1, 0.15) is 0 Å². The zero-order valence-corrected chi connectivity index (χ0v) is 12.4. The maximum Gasteiger partial charge on any atom is 0.221 e. The van der Waals surface area contributed by atoms with Gasteiger partial charge in [-0.2, -0.15) is 0 Å². The second-order valence-corrected chi connectivity index (χ2v) is 5.77. The number of fused-ring (bicyclic) bond motifs is 1. The minimum absolute atomic E-state index is 0.112. The highest BCUT2D eigenvalue weighted by molar-refractivity contribution is 5.77. The Balaban J connectivity index is 2.04. The van der Waals surface area contributed by atoms with Gasteiger partial charge in [0.05, 0.1) is 0 Å². The second kappa shape index (κ2) is 6.75. The van der Waals surface area contributed by atoms with E-state index in [2.05, 4.69) is 22.3 Å². The number of nitrogens with two attached hydrogens (primary N) is 1. The third kappa shape index (κ3) is 3.73. The highest BCUT2D eigenvalue weighted by Gasteiger charge is 2.20. The molecule has 1 aromatic rings. The van der Waals surface area contributed by atoms with Gasteiger partial charge in [-0.05, 0) is 38.3 Å². The van der Waals surface area contributed by atoms with E-state index in [-0.39, 0.29) is 18.0 Å². The van der Waals surface area contributed by atoms with E-state index in [9.17, 15) is 4.79 Å². The Bertz CT molecular complexity index is 459. The second-order valence-electron chi connectivity index (χ2n) is 5.77. The first kappa shape index (κ1) is 14.9. The summed E-state index contributed by atoms with van der Waals surface area (Å²) in [6.07, 6.45) is 2.61. The molecule has 0 bridgehead atoms. The van der Waals surface area contributed by atoms with Crippen LogP contribution >= 0.6 is 0 Å². The highest BCUT2D eigenvalue weighted by Crippen LogP contribution is 2.31. The smallest absolute Gasteiger partial charge is 0.221 e. The van der Waals surface area contributed by atoms with Gasteiger partial charge < -0.3 is 16.0 Å². The monoisotopic (exact) mass is 275 g/mol. The van der Waals surface area contributed by atoms with Gasteiger partial charge in [-0.1, -0.05) is 18.2 Å². The fraction of sp³-hybridized carbons (Fsp3) is 0.562. The number of amides is 1. The predicted octanol–water partition coefficient (Wildman–Crippen LogP) is 2.20. The third-order valence-corrected chi connectivity index (χ3v) is 3.68. The Morgan fingerprint density at radius 1 is 1.45 bits per heavy atom. The molecule has 1 aliphatic heterocycles. The summed E-state index contributed by atoms with van der Waals surface area (Å²) in [7, 11) is 0. The number of para-hydroxylation sites is 1. The molecule has 0 aliphatic carbocycles. The van der Waals surface area contributed by atoms with Gasteiger partial charge in [-0.15, -0.1) is 0 Å². The Kier molecular flexibility index (Phi) is 5.01. The van der Waals surface area contributed by atoms with Crippen LogP contribution in [0.15, 0.2) is 24.3 Å². The lowest BCUT2D eigenvalue weighted by molar-refractivity contribution is -0.121. The molecule has 20 heavy (non-hydrogen) atoms. The van der Waals surface area contributed by atoms with Crippen LogP contribution in [0.1, 0.15) is 44.7 Å². The summed E-state index contributed by atoms with van der Waals surface area (Å²) in [5.74, 6) is 0.117. The molecule has 3 N–H and O–H groups in total. The fourth-order valence-electron chi connectivity index (χ4n) is 2.73. The summed E-state index contributed by atoms with van der Waals surface area (Å²) in [4.78, 5) is 14.1. The molecule has 1 amide bonds. The highest BCUT2D eigenvalue weighted by atomic mass is 16.1. The van der Waals surface area contributed by atoms with Crippen molar-refractivity contribution in [2.45, 2.75) is 45.2 Å². The summed E-state index contributed by atoms with van der Waals surface area (Å²) < 4.78 is 0. The quantitative estimate of drug-likeness (QED) is 0.885. The van der Waals surface area contributed by atoms with Gasteiger partial charge in [0.2, 0.25) is 5.91 Å². The molecule has 1 aliphatic rings. The zero-order valence-electron chi connectivity index (χ0n) is 12.4. The first-order valence-electron chi connectivity index (χ1n) is 7.46. The van der Waals surface area contributed by atoms with Gasteiger partial charge in [-0.25, -0.2) is 0 Å². The molecule has 0 saturated carbocycles. The number of anilines is 1. The summed E-state index contributed by atoms with van der Waals surface area (Å²) in [6, 6.07) is 8.60. The maximum atomic E-state index is 11.8. The minimum atomic E-state index is 0.112. The van der Waals surface area contributed by atoms with E-state index in [1.807, 2.05) is 26.0 Å². The topological polar surface area (TPSA) is 58.4 Å². The largest absolute Gasteiger partial charge is 0.371 e. The number of carbonyl (C=O) groups excluding carboxylic acids is 1. The Morgan fingerprint density at radius 2 is 2.20 bits per heavy atom. The first-order chi connectivity index (χ1) is 9.58. The molecule has 0 saturated heterocycles. The molecule has 110 valence electrons. The van der Waals surface area contributed by atoms with Crippen molar-refractivity contribution in [3.8, 4) is 0 Å². The average molecular weight is 275 g/mol. The fourth-order valence-corrected chi connectivity index (χ4v) is 2.73. The Hall–Kier alpha value is -1.55. The number of carbonyl (C=O) groups is 1. The van der Waals surface area contributed by atoms with Crippen molar-refractivity contribution in [1.29, 1.82) is 0 Å². The van der Waals surface area contributed by atoms with Gasteiger partial charge in [0.15, 0.2) is 0 Å². The number of rotatable bonds is 4. The van der Waals surface area contributed by atoms with E-state index in [1.165, 1.54) is 11.3 Å². The van der Waals surface area contributed by atoms with Crippen molar-refractivity contribution in [2.24, 2.45) is 5.73 Å². The lowest BCUT2D eigenvalue weighted by Crippen LogP contribution is -2.34. The number of nitrogens with zero attached hydrogens (tertiary/aromatic N) is 1. The number of hydrogen-bond donors (Lipinski definition) is 2. The van der Waals surface area contributed by atoms with E-state index in [4.69, 9.17) is 5.73 Å².